The highest BCUT2D eigenvalue weighted by molar-refractivity contribution is 7.12. The monoisotopic (exact) mass is 414 g/mol. The second kappa shape index (κ2) is 10.6. The molecule has 29 heavy (non-hydrogen) atoms. The number of hydrogen-bond acceptors (Lipinski definition) is 4. The highest BCUT2D eigenvalue weighted by atomic mass is 32.1. The molecule has 0 spiro atoms. The van der Waals surface area contributed by atoms with Gasteiger partial charge >= 0.3 is 0 Å². The van der Waals surface area contributed by atoms with Crippen LogP contribution in [-0.2, 0) is 9.53 Å². The zero-order chi connectivity index (χ0) is 20.6. The SMILES string of the molecule is COCCN(C(=O)c1cccs1)C(C(=O)NC1CCCCC1)c1ccccc1C. The lowest BCUT2D eigenvalue weighted by molar-refractivity contribution is -0.127. The molecule has 5 nitrogen and oxygen atoms in total. The molecule has 1 aliphatic rings. The van der Waals surface area contributed by atoms with Crippen LogP contribution in [0.2, 0.25) is 0 Å². The molecule has 6 heteroatoms. The third-order valence-electron chi connectivity index (χ3n) is 5.52. The summed E-state index contributed by atoms with van der Waals surface area (Å²) >= 11 is 1.39. The van der Waals surface area contributed by atoms with Crippen LogP contribution in [0.1, 0.15) is 58.9 Å². The summed E-state index contributed by atoms with van der Waals surface area (Å²) in [7, 11) is 1.61. The second-order valence-corrected chi connectivity index (χ2v) is 8.52. The van der Waals surface area contributed by atoms with E-state index in [2.05, 4.69) is 5.32 Å². The molecule has 1 aromatic heterocycles. The van der Waals surface area contributed by atoms with Crippen molar-refractivity contribution in [2.75, 3.05) is 20.3 Å². The third kappa shape index (κ3) is 5.46. The first-order chi connectivity index (χ1) is 14.1. The number of rotatable bonds is 8. The fraction of sp³-hybridized carbons (Fsp3) is 0.478. The number of ether oxygens (including phenoxy) is 1. The van der Waals surface area contributed by atoms with Crippen LogP contribution in [0.4, 0.5) is 0 Å². The van der Waals surface area contributed by atoms with Gasteiger partial charge in [-0.05, 0) is 42.3 Å². The largest absolute Gasteiger partial charge is 0.383 e. The molecule has 0 aliphatic heterocycles. The van der Waals surface area contributed by atoms with E-state index in [0.717, 1.165) is 36.8 Å². The lowest BCUT2D eigenvalue weighted by atomic mass is 9.94. The maximum atomic E-state index is 13.5. The van der Waals surface area contributed by atoms with E-state index in [1.165, 1.54) is 17.8 Å². The van der Waals surface area contributed by atoms with Gasteiger partial charge in [0, 0.05) is 19.7 Å². The minimum atomic E-state index is -0.678. The van der Waals surface area contributed by atoms with Crippen molar-refractivity contribution < 1.29 is 14.3 Å². The van der Waals surface area contributed by atoms with E-state index >= 15 is 0 Å². The van der Waals surface area contributed by atoms with E-state index in [-0.39, 0.29) is 17.9 Å². The predicted molar refractivity (Wildman–Crippen MR) is 116 cm³/mol. The highest BCUT2D eigenvalue weighted by Crippen LogP contribution is 2.28. The molecule has 1 fully saturated rings. The number of thiophene rings is 1. The van der Waals surface area contributed by atoms with Crippen LogP contribution in [0, 0.1) is 6.92 Å². The number of aryl methyl sites for hydroxylation is 1. The summed E-state index contributed by atoms with van der Waals surface area (Å²) in [6.07, 6.45) is 5.51. The number of carbonyl (C=O) groups excluding carboxylic acids is 2. The molecule has 0 bridgehead atoms. The van der Waals surface area contributed by atoms with Gasteiger partial charge in [-0.3, -0.25) is 9.59 Å². The average Bonchev–Trinajstić information content (AvgIpc) is 3.27. The van der Waals surface area contributed by atoms with Gasteiger partial charge in [0.15, 0.2) is 0 Å². The summed E-state index contributed by atoms with van der Waals surface area (Å²) in [4.78, 5) is 29.1. The number of carbonyl (C=O) groups is 2. The first-order valence-corrected chi connectivity index (χ1v) is 11.2. The van der Waals surface area contributed by atoms with Crippen molar-refractivity contribution in [3.8, 4) is 0 Å². The van der Waals surface area contributed by atoms with E-state index in [9.17, 15) is 9.59 Å². The number of benzene rings is 1. The van der Waals surface area contributed by atoms with E-state index in [1.54, 1.807) is 18.1 Å². The van der Waals surface area contributed by atoms with Crippen LogP contribution < -0.4 is 5.32 Å². The molecule has 2 aromatic rings. The Labute approximate surface area is 177 Å². The van der Waals surface area contributed by atoms with E-state index in [0.29, 0.717) is 18.0 Å². The molecule has 1 atom stereocenters. The molecule has 0 saturated heterocycles. The van der Waals surface area contributed by atoms with Crippen molar-refractivity contribution in [3.05, 3.63) is 57.8 Å². The van der Waals surface area contributed by atoms with Crippen molar-refractivity contribution in [1.29, 1.82) is 0 Å². The molecule has 156 valence electrons. The van der Waals surface area contributed by atoms with Gasteiger partial charge in [0.2, 0.25) is 5.91 Å². The Balaban J connectivity index is 1.94. The molecular formula is C23H30N2O3S. The molecule has 0 radical (unpaired) electrons. The molecule has 1 aromatic carbocycles. The van der Waals surface area contributed by atoms with Crippen LogP contribution in [0.25, 0.3) is 0 Å². The van der Waals surface area contributed by atoms with Crippen molar-refractivity contribution in [3.63, 3.8) is 0 Å². The van der Waals surface area contributed by atoms with Gasteiger partial charge in [0.1, 0.15) is 6.04 Å². The normalized spacial score (nSPS) is 15.7. The van der Waals surface area contributed by atoms with Gasteiger partial charge in [0.25, 0.3) is 5.91 Å². The highest BCUT2D eigenvalue weighted by Gasteiger charge is 2.34. The Hall–Kier alpha value is -2.18. The van der Waals surface area contributed by atoms with Gasteiger partial charge in [0.05, 0.1) is 11.5 Å². The number of amides is 2. The Morgan fingerprint density at radius 3 is 2.59 bits per heavy atom. The van der Waals surface area contributed by atoms with Crippen LogP contribution >= 0.6 is 11.3 Å². The van der Waals surface area contributed by atoms with Gasteiger partial charge in [-0.2, -0.15) is 0 Å². The minimum absolute atomic E-state index is 0.104. The standard InChI is InChI=1S/C23H30N2O3S/c1-17-9-6-7-12-19(17)21(22(26)24-18-10-4-3-5-11-18)25(14-15-28-2)23(27)20-13-8-16-29-20/h6-9,12-13,16,18,21H,3-5,10-11,14-15H2,1-2H3,(H,24,26). The zero-order valence-electron chi connectivity index (χ0n) is 17.2. The Bertz CT molecular complexity index is 800. The Morgan fingerprint density at radius 1 is 1.17 bits per heavy atom. The summed E-state index contributed by atoms with van der Waals surface area (Å²) in [6.45, 7) is 2.71. The quantitative estimate of drug-likeness (QED) is 0.699. The molecule has 1 unspecified atom stereocenters. The molecule has 1 heterocycles. The number of nitrogens with zero attached hydrogens (tertiary/aromatic N) is 1. The van der Waals surface area contributed by atoms with Crippen molar-refractivity contribution >= 4 is 23.2 Å². The van der Waals surface area contributed by atoms with Gasteiger partial charge in [-0.15, -0.1) is 11.3 Å². The Morgan fingerprint density at radius 2 is 1.93 bits per heavy atom. The van der Waals surface area contributed by atoms with E-state index < -0.39 is 6.04 Å². The topological polar surface area (TPSA) is 58.6 Å². The lowest BCUT2D eigenvalue weighted by Crippen LogP contribution is -2.48. The predicted octanol–water partition coefficient (Wildman–Crippen LogP) is 4.34. The number of nitrogens with one attached hydrogen (secondary N) is 1. The van der Waals surface area contributed by atoms with Crippen molar-refractivity contribution in [2.45, 2.75) is 51.1 Å². The van der Waals surface area contributed by atoms with E-state index in [4.69, 9.17) is 4.74 Å². The van der Waals surface area contributed by atoms with Crippen LogP contribution in [0.15, 0.2) is 41.8 Å². The second-order valence-electron chi connectivity index (χ2n) is 7.57. The smallest absolute Gasteiger partial charge is 0.264 e. The molecule has 1 aliphatic carbocycles. The molecule has 1 N–H and O–H groups in total. The fourth-order valence-electron chi connectivity index (χ4n) is 3.95. The molecular weight excluding hydrogens is 384 g/mol. The van der Waals surface area contributed by atoms with E-state index in [1.807, 2.05) is 42.6 Å². The minimum Gasteiger partial charge on any atom is -0.383 e. The van der Waals surface area contributed by atoms with Gasteiger partial charge in [-0.1, -0.05) is 49.6 Å². The fourth-order valence-corrected chi connectivity index (χ4v) is 4.63. The molecule has 3 rings (SSSR count). The number of methoxy groups -OCH3 is 1. The zero-order valence-corrected chi connectivity index (χ0v) is 18.0. The third-order valence-corrected chi connectivity index (χ3v) is 6.38. The van der Waals surface area contributed by atoms with Crippen molar-refractivity contribution in [1.82, 2.24) is 10.2 Å². The van der Waals surface area contributed by atoms with Crippen molar-refractivity contribution in [2.24, 2.45) is 0 Å². The van der Waals surface area contributed by atoms with Crippen LogP contribution in [0.3, 0.4) is 0 Å². The summed E-state index contributed by atoms with van der Waals surface area (Å²) in [5.41, 5.74) is 1.86. The van der Waals surface area contributed by atoms with Gasteiger partial charge < -0.3 is 15.0 Å². The molecule has 1 saturated carbocycles. The van der Waals surface area contributed by atoms with Crippen LogP contribution in [0.5, 0.6) is 0 Å². The first-order valence-electron chi connectivity index (χ1n) is 10.3. The number of hydrogen-bond donors (Lipinski definition) is 1. The summed E-state index contributed by atoms with van der Waals surface area (Å²) in [5, 5.41) is 5.11. The summed E-state index contributed by atoms with van der Waals surface area (Å²) < 4.78 is 5.26. The van der Waals surface area contributed by atoms with Crippen LogP contribution in [-0.4, -0.2) is 43.0 Å². The maximum absolute atomic E-state index is 13.5. The summed E-state index contributed by atoms with van der Waals surface area (Å²) in [6, 6.07) is 11.0. The maximum Gasteiger partial charge on any atom is 0.264 e. The summed E-state index contributed by atoms with van der Waals surface area (Å²) in [5.74, 6) is -0.240. The average molecular weight is 415 g/mol. The lowest BCUT2D eigenvalue weighted by Gasteiger charge is -2.33. The first kappa shape index (κ1) is 21.5. The Kier molecular flexibility index (Phi) is 7.83. The van der Waals surface area contributed by atoms with Gasteiger partial charge in [-0.25, -0.2) is 0 Å². The molecule has 2 amide bonds.